The van der Waals surface area contributed by atoms with Gasteiger partial charge in [-0.05, 0) is 31.0 Å². The molecule has 264 valence electrons. The lowest BCUT2D eigenvalue weighted by Gasteiger charge is -2.35. The third-order valence-electron chi connectivity index (χ3n) is 7.34. The Morgan fingerprint density at radius 1 is 1.06 bits per heavy atom. The normalized spacial score (nSPS) is 17.4. The molecule has 3 aromatic heterocycles. The number of methoxy groups -OCH3 is 1. The molecule has 6 rings (SSSR count). The Morgan fingerprint density at radius 3 is 2.58 bits per heavy atom. The number of phosphoric ester groups is 1. The van der Waals surface area contributed by atoms with Crippen LogP contribution in [0.25, 0.3) is 31.8 Å². The minimum absolute atomic E-state index is 0.0661. The summed E-state index contributed by atoms with van der Waals surface area (Å²) in [6.07, 6.45) is -1.43. The SMILES string of the molecule is COc1cnc2c(-c3nc4cc(F)c(O[C@H]5CC(F)(F)CC[C@H]5OC(=O)Nc5cnc(OCCOP(=O)(O)O)nc5)cc4s3)cc(C)cc2n1. The molecule has 1 aliphatic rings. The van der Waals surface area contributed by atoms with E-state index in [4.69, 9.17) is 28.7 Å². The van der Waals surface area contributed by atoms with Gasteiger partial charge in [0, 0.05) is 24.1 Å². The van der Waals surface area contributed by atoms with Gasteiger partial charge in [-0.1, -0.05) is 0 Å². The number of aromatic nitrogens is 5. The number of phosphoric acid groups is 1. The average Bonchev–Trinajstić information content (AvgIpc) is 3.46. The number of aryl methyl sites for hydroxylation is 1. The van der Waals surface area contributed by atoms with Crippen LogP contribution in [0.4, 0.5) is 23.7 Å². The number of ether oxygens (including phenoxy) is 4. The summed E-state index contributed by atoms with van der Waals surface area (Å²) in [7, 11) is -3.16. The molecule has 1 fully saturated rings. The first kappa shape index (κ1) is 35.2. The second-order valence-electron chi connectivity index (χ2n) is 11.1. The molecule has 3 heterocycles. The molecule has 0 spiro atoms. The standard InChI is InChI=1S/C30H28F3N6O9PS/c1-15-7-17(26-20(8-15)38-25(44-2)14-34-26)27-39-19-9-18(31)22(10-24(19)50-27)47-23-11-30(32,33)4-3-21(23)48-29(40)37-16-12-35-28(36-13-16)45-5-6-46-49(41,42)43/h7-10,12-14,21,23H,3-6,11H2,1-2H3,(H,37,40)(H2,41,42,43)/t21-,23+/m1/s1. The molecule has 2 atom stereocenters. The van der Waals surface area contributed by atoms with Crippen molar-refractivity contribution in [2.45, 2.75) is 44.3 Å². The van der Waals surface area contributed by atoms with Crippen molar-refractivity contribution in [2.24, 2.45) is 0 Å². The minimum Gasteiger partial charge on any atom is -0.483 e. The molecule has 1 amide bonds. The van der Waals surface area contributed by atoms with Gasteiger partial charge in [-0.2, -0.15) is 0 Å². The fraction of sp³-hybridized carbons (Fsp3) is 0.333. The van der Waals surface area contributed by atoms with Gasteiger partial charge in [0.05, 0.1) is 65.7 Å². The summed E-state index contributed by atoms with van der Waals surface area (Å²) in [5.41, 5.74) is 3.10. The monoisotopic (exact) mass is 736 g/mol. The van der Waals surface area contributed by atoms with Gasteiger partial charge in [0.25, 0.3) is 5.92 Å². The van der Waals surface area contributed by atoms with Crippen LogP contribution in [0.5, 0.6) is 17.6 Å². The number of fused-ring (bicyclic) bond motifs is 2. The highest BCUT2D eigenvalue weighted by atomic mass is 32.1. The third-order valence-corrected chi connectivity index (χ3v) is 8.92. The van der Waals surface area contributed by atoms with E-state index < -0.39 is 57.3 Å². The van der Waals surface area contributed by atoms with Crippen LogP contribution in [0, 0.1) is 12.7 Å². The average molecular weight is 737 g/mol. The largest absolute Gasteiger partial charge is 0.483 e. The number of halogens is 3. The van der Waals surface area contributed by atoms with E-state index in [1.807, 2.05) is 19.1 Å². The molecule has 2 aromatic carbocycles. The van der Waals surface area contributed by atoms with Crippen molar-refractivity contribution in [3.8, 4) is 28.2 Å². The Bertz CT molecular complexity index is 2090. The van der Waals surface area contributed by atoms with Crippen LogP contribution in [0.2, 0.25) is 0 Å². The number of hydrogen-bond acceptors (Lipinski definition) is 13. The summed E-state index contributed by atoms with van der Waals surface area (Å²) >= 11 is 1.23. The highest BCUT2D eigenvalue weighted by molar-refractivity contribution is 7.46. The van der Waals surface area contributed by atoms with Crippen molar-refractivity contribution < 1.29 is 55.8 Å². The second kappa shape index (κ2) is 14.3. The number of anilines is 1. The number of carbonyl (C=O) groups is 1. The summed E-state index contributed by atoms with van der Waals surface area (Å²) in [5.74, 6) is -3.94. The number of hydrogen-bond donors (Lipinski definition) is 3. The van der Waals surface area contributed by atoms with Gasteiger partial charge in [-0.3, -0.25) is 9.84 Å². The highest BCUT2D eigenvalue weighted by Gasteiger charge is 2.45. The van der Waals surface area contributed by atoms with Crippen molar-refractivity contribution in [2.75, 3.05) is 25.6 Å². The van der Waals surface area contributed by atoms with Crippen LogP contribution in [0.1, 0.15) is 24.8 Å². The number of alkyl halides is 2. The van der Waals surface area contributed by atoms with E-state index in [9.17, 15) is 18.1 Å². The lowest BCUT2D eigenvalue weighted by Crippen LogP contribution is -2.45. The molecule has 0 unspecified atom stereocenters. The highest BCUT2D eigenvalue weighted by Crippen LogP contribution is 2.40. The van der Waals surface area contributed by atoms with Gasteiger partial charge in [0.2, 0.25) is 5.88 Å². The van der Waals surface area contributed by atoms with E-state index in [2.05, 4.69) is 34.8 Å². The van der Waals surface area contributed by atoms with E-state index in [0.29, 0.717) is 37.7 Å². The smallest absolute Gasteiger partial charge is 0.469 e. The zero-order valence-corrected chi connectivity index (χ0v) is 27.9. The molecule has 5 aromatic rings. The summed E-state index contributed by atoms with van der Waals surface area (Å²) in [6.45, 7) is 1.20. The lowest BCUT2D eigenvalue weighted by atomic mass is 9.91. The number of amides is 1. The lowest BCUT2D eigenvalue weighted by molar-refractivity contribution is -0.114. The molecule has 1 saturated carbocycles. The Kier molecular flexibility index (Phi) is 10.0. The maximum absolute atomic E-state index is 15.4. The van der Waals surface area contributed by atoms with Crippen molar-refractivity contribution in [3.63, 3.8) is 0 Å². The van der Waals surface area contributed by atoms with E-state index in [1.165, 1.54) is 30.7 Å². The van der Waals surface area contributed by atoms with Crippen LogP contribution in [-0.4, -0.2) is 79.3 Å². The summed E-state index contributed by atoms with van der Waals surface area (Å²) in [4.78, 5) is 51.3. The number of benzene rings is 2. The maximum atomic E-state index is 15.4. The van der Waals surface area contributed by atoms with Crippen molar-refractivity contribution >= 4 is 52.2 Å². The molecule has 0 radical (unpaired) electrons. The molecule has 1 aliphatic carbocycles. The number of carbonyl (C=O) groups excluding carboxylic acids is 1. The predicted molar refractivity (Wildman–Crippen MR) is 172 cm³/mol. The Morgan fingerprint density at radius 2 is 1.84 bits per heavy atom. The predicted octanol–water partition coefficient (Wildman–Crippen LogP) is 5.82. The Labute approximate surface area is 285 Å². The van der Waals surface area contributed by atoms with E-state index in [0.717, 1.165) is 24.0 Å². The molecular weight excluding hydrogens is 708 g/mol. The van der Waals surface area contributed by atoms with Gasteiger partial charge in [-0.15, -0.1) is 11.3 Å². The van der Waals surface area contributed by atoms with Gasteiger partial charge < -0.3 is 28.7 Å². The zero-order valence-electron chi connectivity index (χ0n) is 26.2. The summed E-state index contributed by atoms with van der Waals surface area (Å²) in [6, 6.07) is 6.09. The molecule has 15 nitrogen and oxygen atoms in total. The number of nitrogens with one attached hydrogen (secondary N) is 1. The number of rotatable bonds is 11. The Balaban J connectivity index is 1.15. The topological polar surface area (TPSA) is 197 Å². The molecule has 0 bridgehead atoms. The first-order chi connectivity index (χ1) is 23.7. The van der Waals surface area contributed by atoms with Crippen LogP contribution in [-0.2, 0) is 13.8 Å². The first-order valence-corrected chi connectivity index (χ1v) is 17.2. The summed E-state index contributed by atoms with van der Waals surface area (Å²) in [5, 5.41) is 2.91. The van der Waals surface area contributed by atoms with E-state index in [1.54, 1.807) is 0 Å². The molecular formula is C30H28F3N6O9PS. The quantitative estimate of drug-likeness (QED) is 0.108. The van der Waals surface area contributed by atoms with Crippen molar-refractivity contribution in [1.82, 2.24) is 24.9 Å². The van der Waals surface area contributed by atoms with Crippen LogP contribution >= 0.6 is 19.2 Å². The summed E-state index contributed by atoms with van der Waals surface area (Å²) < 4.78 is 81.4. The van der Waals surface area contributed by atoms with Gasteiger partial charge in [-0.25, -0.2) is 47.5 Å². The molecule has 20 heteroatoms. The number of thiazole rings is 1. The first-order valence-electron chi connectivity index (χ1n) is 14.8. The molecule has 0 saturated heterocycles. The van der Waals surface area contributed by atoms with Gasteiger partial charge in [0.1, 0.15) is 23.8 Å². The molecule has 3 N–H and O–H groups in total. The van der Waals surface area contributed by atoms with E-state index in [-0.39, 0.29) is 30.5 Å². The van der Waals surface area contributed by atoms with Crippen LogP contribution < -0.4 is 19.5 Å². The zero-order chi connectivity index (χ0) is 35.6. The second-order valence-corrected chi connectivity index (χ2v) is 13.4. The van der Waals surface area contributed by atoms with Crippen LogP contribution in [0.3, 0.4) is 0 Å². The van der Waals surface area contributed by atoms with Gasteiger partial charge >= 0.3 is 19.9 Å². The van der Waals surface area contributed by atoms with Crippen molar-refractivity contribution in [1.29, 1.82) is 0 Å². The minimum atomic E-state index is -4.65. The molecule has 0 aliphatic heterocycles. The maximum Gasteiger partial charge on any atom is 0.469 e. The fourth-order valence-corrected chi connectivity index (χ4v) is 6.46. The third kappa shape index (κ3) is 8.54. The fourth-order valence-electron chi connectivity index (χ4n) is 5.16. The molecule has 50 heavy (non-hydrogen) atoms. The van der Waals surface area contributed by atoms with Crippen molar-refractivity contribution in [3.05, 3.63) is 54.2 Å². The van der Waals surface area contributed by atoms with Gasteiger partial charge in [0.15, 0.2) is 11.6 Å². The Hall–Kier alpha value is -4.68. The number of nitrogens with zero attached hydrogens (tertiary/aromatic N) is 5. The van der Waals surface area contributed by atoms with E-state index >= 15 is 4.39 Å². The van der Waals surface area contributed by atoms with Crippen LogP contribution in [0.15, 0.2) is 42.9 Å².